The van der Waals surface area contributed by atoms with Crippen LogP contribution in [0.15, 0.2) is 0 Å². The van der Waals surface area contributed by atoms with Crippen molar-refractivity contribution < 1.29 is 4.74 Å². The fourth-order valence-corrected chi connectivity index (χ4v) is 3.18. The van der Waals surface area contributed by atoms with Gasteiger partial charge in [0.05, 0.1) is 11.7 Å². The molecule has 2 rings (SSSR count). The third-order valence-corrected chi connectivity index (χ3v) is 4.69. The van der Waals surface area contributed by atoms with E-state index in [1.54, 1.807) is 0 Å². The lowest BCUT2D eigenvalue weighted by atomic mass is 9.80. The highest BCUT2D eigenvalue weighted by Gasteiger charge is 2.40. The van der Waals surface area contributed by atoms with Gasteiger partial charge < -0.3 is 4.74 Å². The Balaban J connectivity index is 1.76. The van der Waals surface area contributed by atoms with Crippen LogP contribution in [0.1, 0.15) is 66.2 Å². The van der Waals surface area contributed by atoms with E-state index in [2.05, 4.69) is 27.7 Å². The fraction of sp³-hybridized carbons (Fsp3) is 1.00. The summed E-state index contributed by atoms with van der Waals surface area (Å²) in [7, 11) is 0. The van der Waals surface area contributed by atoms with Crippen molar-refractivity contribution in [2.75, 3.05) is 0 Å². The van der Waals surface area contributed by atoms with Gasteiger partial charge in [0.1, 0.15) is 0 Å². The predicted molar refractivity (Wildman–Crippen MR) is 68.5 cm³/mol. The molecule has 16 heavy (non-hydrogen) atoms. The monoisotopic (exact) mass is 224 g/mol. The second-order valence-electron chi connectivity index (χ2n) is 6.78. The second-order valence-corrected chi connectivity index (χ2v) is 6.78. The molecule has 0 amide bonds. The van der Waals surface area contributed by atoms with Gasteiger partial charge in [-0.05, 0) is 70.1 Å². The highest BCUT2D eigenvalue weighted by atomic mass is 16.5. The summed E-state index contributed by atoms with van der Waals surface area (Å²) < 4.78 is 6.33. The first kappa shape index (κ1) is 12.4. The van der Waals surface area contributed by atoms with Gasteiger partial charge in [-0.15, -0.1) is 0 Å². The van der Waals surface area contributed by atoms with E-state index in [4.69, 9.17) is 4.74 Å². The molecule has 2 aliphatic carbocycles. The minimum atomic E-state index is 0.148. The summed E-state index contributed by atoms with van der Waals surface area (Å²) in [6.07, 6.45) is 8.65. The van der Waals surface area contributed by atoms with Crippen molar-refractivity contribution in [3.05, 3.63) is 0 Å². The molecule has 0 aliphatic heterocycles. The molecule has 0 atom stereocenters. The number of hydrogen-bond donors (Lipinski definition) is 0. The van der Waals surface area contributed by atoms with E-state index in [1.165, 1.54) is 38.5 Å². The van der Waals surface area contributed by atoms with Crippen LogP contribution in [0.5, 0.6) is 0 Å². The Morgan fingerprint density at radius 2 is 1.50 bits per heavy atom. The molecule has 2 aliphatic rings. The van der Waals surface area contributed by atoms with E-state index in [0.717, 1.165) is 17.8 Å². The van der Waals surface area contributed by atoms with Crippen molar-refractivity contribution in [3.8, 4) is 0 Å². The molecule has 0 saturated heterocycles. The lowest BCUT2D eigenvalue weighted by Gasteiger charge is -2.36. The molecule has 2 saturated carbocycles. The van der Waals surface area contributed by atoms with Gasteiger partial charge in [-0.1, -0.05) is 13.8 Å². The van der Waals surface area contributed by atoms with Crippen LogP contribution in [-0.4, -0.2) is 11.7 Å². The van der Waals surface area contributed by atoms with E-state index < -0.39 is 0 Å². The molecule has 2 fully saturated rings. The minimum Gasteiger partial charge on any atom is -0.372 e. The zero-order valence-corrected chi connectivity index (χ0v) is 11.5. The maximum absolute atomic E-state index is 6.33. The summed E-state index contributed by atoms with van der Waals surface area (Å²) in [5, 5.41) is 0. The quantitative estimate of drug-likeness (QED) is 0.687. The summed E-state index contributed by atoms with van der Waals surface area (Å²) in [4.78, 5) is 0. The van der Waals surface area contributed by atoms with Crippen molar-refractivity contribution in [2.45, 2.75) is 77.9 Å². The van der Waals surface area contributed by atoms with E-state index in [9.17, 15) is 0 Å². The van der Waals surface area contributed by atoms with Gasteiger partial charge in [0.15, 0.2) is 0 Å². The largest absolute Gasteiger partial charge is 0.372 e. The average molecular weight is 224 g/mol. The third kappa shape index (κ3) is 3.00. The smallest absolute Gasteiger partial charge is 0.0658 e. The van der Waals surface area contributed by atoms with Crippen molar-refractivity contribution in [1.82, 2.24) is 0 Å². The van der Waals surface area contributed by atoms with Crippen LogP contribution >= 0.6 is 0 Å². The molecular formula is C15H28O. The molecule has 0 N–H and O–H groups in total. The van der Waals surface area contributed by atoms with Crippen LogP contribution in [0.4, 0.5) is 0 Å². The Bertz CT molecular complexity index is 220. The van der Waals surface area contributed by atoms with Gasteiger partial charge in [0.25, 0.3) is 0 Å². The van der Waals surface area contributed by atoms with Gasteiger partial charge in [-0.25, -0.2) is 0 Å². The van der Waals surface area contributed by atoms with Crippen LogP contribution < -0.4 is 0 Å². The lowest BCUT2D eigenvalue weighted by molar-refractivity contribution is -0.102. The first-order valence-electron chi connectivity index (χ1n) is 7.17. The molecule has 0 aromatic carbocycles. The number of hydrogen-bond acceptors (Lipinski definition) is 1. The molecule has 0 bridgehead atoms. The second kappa shape index (κ2) is 4.68. The minimum absolute atomic E-state index is 0.148. The lowest BCUT2D eigenvalue weighted by Crippen LogP contribution is -2.35. The van der Waals surface area contributed by atoms with Crippen LogP contribution in [-0.2, 0) is 4.74 Å². The van der Waals surface area contributed by atoms with Gasteiger partial charge in [-0.3, -0.25) is 0 Å². The Kier molecular flexibility index (Phi) is 3.63. The summed E-state index contributed by atoms with van der Waals surface area (Å²) in [5.74, 6) is 2.65. The molecule has 0 heterocycles. The van der Waals surface area contributed by atoms with Crippen LogP contribution in [0.25, 0.3) is 0 Å². The Hall–Kier alpha value is -0.0400. The highest BCUT2D eigenvalue weighted by molar-refractivity contribution is 4.91. The summed E-state index contributed by atoms with van der Waals surface area (Å²) in [6, 6.07) is 0. The van der Waals surface area contributed by atoms with Gasteiger partial charge in [-0.2, -0.15) is 0 Å². The van der Waals surface area contributed by atoms with E-state index in [-0.39, 0.29) is 5.60 Å². The number of ether oxygens (including phenoxy) is 1. The maximum Gasteiger partial charge on any atom is 0.0658 e. The third-order valence-electron chi connectivity index (χ3n) is 4.69. The van der Waals surface area contributed by atoms with E-state index >= 15 is 0 Å². The zero-order chi connectivity index (χ0) is 11.8. The first-order valence-corrected chi connectivity index (χ1v) is 7.17. The molecule has 0 unspecified atom stereocenters. The zero-order valence-electron chi connectivity index (χ0n) is 11.5. The topological polar surface area (TPSA) is 9.23 Å². The Labute approximate surface area is 101 Å². The van der Waals surface area contributed by atoms with E-state index in [0.29, 0.717) is 6.10 Å². The normalized spacial score (nSPS) is 32.1. The van der Waals surface area contributed by atoms with Crippen molar-refractivity contribution in [2.24, 2.45) is 17.8 Å². The maximum atomic E-state index is 6.33. The van der Waals surface area contributed by atoms with Gasteiger partial charge in [0, 0.05) is 0 Å². The SMILES string of the molecule is CC(C)C1CCC(OC(C)(C)C2CC2)CC1. The number of rotatable bonds is 4. The van der Waals surface area contributed by atoms with Crippen molar-refractivity contribution in [1.29, 1.82) is 0 Å². The van der Waals surface area contributed by atoms with E-state index in [1.807, 2.05) is 0 Å². The molecule has 0 aromatic rings. The van der Waals surface area contributed by atoms with Gasteiger partial charge >= 0.3 is 0 Å². The Morgan fingerprint density at radius 3 is 1.94 bits per heavy atom. The highest BCUT2D eigenvalue weighted by Crippen LogP contribution is 2.43. The van der Waals surface area contributed by atoms with Crippen LogP contribution in [0.2, 0.25) is 0 Å². The molecule has 0 radical (unpaired) electrons. The molecule has 0 aromatic heterocycles. The van der Waals surface area contributed by atoms with Crippen LogP contribution in [0, 0.1) is 17.8 Å². The summed E-state index contributed by atoms with van der Waals surface area (Å²) in [5.41, 5.74) is 0.148. The van der Waals surface area contributed by atoms with Crippen molar-refractivity contribution in [3.63, 3.8) is 0 Å². The molecule has 0 spiro atoms. The summed E-state index contributed by atoms with van der Waals surface area (Å²) in [6.45, 7) is 9.30. The molecule has 1 nitrogen and oxygen atoms in total. The standard InChI is InChI=1S/C15H28O/c1-11(2)12-5-9-14(10-6-12)16-15(3,4)13-7-8-13/h11-14H,5-10H2,1-4H3. The molecule has 1 heteroatoms. The molecule has 94 valence electrons. The van der Waals surface area contributed by atoms with Crippen LogP contribution in [0.3, 0.4) is 0 Å². The van der Waals surface area contributed by atoms with Crippen molar-refractivity contribution >= 4 is 0 Å². The first-order chi connectivity index (χ1) is 7.49. The molecular weight excluding hydrogens is 196 g/mol. The van der Waals surface area contributed by atoms with Gasteiger partial charge in [0.2, 0.25) is 0 Å². The average Bonchev–Trinajstić information content (AvgIpc) is 3.01. The predicted octanol–water partition coefficient (Wildman–Crippen LogP) is 4.41. The Morgan fingerprint density at radius 1 is 0.938 bits per heavy atom. The fourth-order valence-electron chi connectivity index (χ4n) is 3.18. The summed E-state index contributed by atoms with van der Waals surface area (Å²) >= 11 is 0.